The molecule has 24 heavy (non-hydrogen) atoms. The van der Waals surface area contributed by atoms with Crippen LogP contribution in [0.1, 0.15) is 38.6 Å². The number of nitrogens with zero attached hydrogens (tertiary/aromatic N) is 4. The molecule has 1 amide bonds. The van der Waals surface area contributed by atoms with Crippen LogP contribution in [0.25, 0.3) is 5.65 Å². The molecular weight excluding hydrogens is 368 g/mol. The van der Waals surface area contributed by atoms with E-state index in [9.17, 15) is 4.79 Å². The number of amides is 1. The molecule has 4 rings (SSSR count). The Morgan fingerprint density at radius 1 is 1.21 bits per heavy atom. The van der Waals surface area contributed by atoms with Gasteiger partial charge in [-0.05, 0) is 44.5 Å². The molecule has 0 bridgehead atoms. The molecule has 3 aromatic rings. The maximum Gasteiger partial charge on any atom is 0.254 e. The van der Waals surface area contributed by atoms with E-state index in [0.29, 0.717) is 18.7 Å². The van der Waals surface area contributed by atoms with Gasteiger partial charge in [0.25, 0.3) is 5.91 Å². The van der Waals surface area contributed by atoms with Crippen LogP contribution in [0, 0.1) is 20.8 Å². The molecule has 2 aromatic heterocycles. The van der Waals surface area contributed by atoms with E-state index >= 15 is 0 Å². The molecular formula is C18H17BrN4O. The topological polar surface area (TPSA) is 50.5 Å². The maximum absolute atomic E-state index is 12.7. The molecule has 0 fully saturated rings. The summed E-state index contributed by atoms with van der Waals surface area (Å²) < 4.78 is 2.82. The lowest BCUT2D eigenvalue weighted by atomic mass is 10.2. The van der Waals surface area contributed by atoms with Gasteiger partial charge in [-0.3, -0.25) is 4.79 Å². The van der Waals surface area contributed by atoms with Gasteiger partial charge in [0.2, 0.25) is 0 Å². The highest BCUT2D eigenvalue weighted by Gasteiger charge is 2.30. The molecule has 0 saturated carbocycles. The average molecular weight is 385 g/mol. The molecule has 1 aromatic carbocycles. The number of carbonyl (C=O) groups excluding carboxylic acids is 1. The standard InChI is InChI=1S/C18H17BrN4O/c1-10-11(2)20-17-15-8-22(9-16(15)21-23(17)12(10)3)18(24)13-5-4-6-14(19)7-13/h4-7H,8-9H2,1-3H3. The van der Waals surface area contributed by atoms with Crippen molar-refractivity contribution in [3.8, 4) is 0 Å². The van der Waals surface area contributed by atoms with Crippen molar-refractivity contribution in [1.29, 1.82) is 0 Å². The van der Waals surface area contributed by atoms with Crippen molar-refractivity contribution in [2.24, 2.45) is 0 Å². The second-order valence-corrected chi connectivity index (χ2v) is 7.16. The first-order valence-corrected chi connectivity index (χ1v) is 8.64. The minimum Gasteiger partial charge on any atom is -0.328 e. The quantitative estimate of drug-likeness (QED) is 0.644. The fourth-order valence-electron chi connectivity index (χ4n) is 3.16. The molecule has 3 heterocycles. The fraction of sp³-hybridized carbons (Fsp3) is 0.278. The Balaban J connectivity index is 1.71. The predicted molar refractivity (Wildman–Crippen MR) is 94.9 cm³/mol. The Hall–Kier alpha value is -2.21. The first-order chi connectivity index (χ1) is 11.5. The normalized spacial score (nSPS) is 13.6. The van der Waals surface area contributed by atoms with Crippen LogP contribution in [0.3, 0.4) is 0 Å². The molecule has 0 saturated heterocycles. The summed E-state index contributed by atoms with van der Waals surface area (Å²) in [6.07, 6.45) is 0. The Kier molecular flexibility index (Phi) is 3.46. The second kappa shape index (κ2) is 5.41. The number of aryl methyl sites for hydroxylation is 2. The molecule has 6 heteroatoms. The summed E-state index contributed by atoms with van der Waals surface area (Å²) in [7, 11) is 0. The van der Waals surface area contributed by atoms with Crippen molar-refractivity contribution in [3.05, 3.63) is 62.5 Å². The van der Waals surface area contributed by atoms with Gasteiger partial charge in [0.05, 0.1) is 18.8 Å². The maximum atomic E-state index is 12.7. The van der Waals surface area contributed by atoms with Crippen LogP contribution >= 0.6 is 15.9 Å². The van der Waals surface area contributed by atoms with Gasteiger partial charge >= 0.3 is 0 Å². The third-order valence-electron chi connectivity index (χ3n) is 4.76. The van der Waals surface area contributed by atoms with Crippen molar-refractivity contribution in [1.82, 2.24) is 19.5 Å². The lowest BCUT2D eigenvalue weighted by molar-refractivity contribution is 0.0749. The predicted octanol–water partition coefficient (Wildman–Crippen LogP) is 3.57. The monoisotopic (exact) mass is 384 g/mol. The van der Waals surface area contributed by atoms with E-state index in [1.807, 2.05) is 40.6 Å². The molecule has 1 aliphatic heterocycles. The smallest absolute Gasteiger partial charge is 0.254 e. The highest BCUT2D eigenvalue weighted by Crippen LogP contribution is 2.28. The summed E-state index contributed by atoms with van der Waals surface area (Å²) in [6.45, 7) is 7.22. The third kappa shape index (κ3) is 2.24. The zero-order valence-corrected chi connectivity index (χ0v) is 15.4. The molecule has 1 aliphatic rings. The lowest BCUT2D eigenvalue weighted by Crippen LogP contribution is -2.26. The zero-order chi connectivity index (χ0) is 17.0. The Morgan fingerprint density at radius 2 is 2.00 bits per heavy atom. The van der Waals surface area contributed by atoms with Crippen molar-refractivity contribution >= 4 is 27.5 Å². The molecule has 0 spiro atoms. The Morgan fingerprint density at radius 3 is 2.75 bits per heavy atom. The number of hydrogen-bond donors (Lipinski definition) is 0. The van der Waals surface area contributed by atoms with E-state index in [-0.39, 0.29) is 5.91 Å². The summed E-state index contributed by atoms with van der Waals surface area (Å²) in [6, 6.07) is 7.48. The van der Waals surface area contributed by atoms with E-state index in [2.05, 4.69) is 34.9 Å². The van der Waals surface area contributed by atoms with E-state index in [1.165, 1.54) is 0 Å². The number of fused-ring (bicyclic) bond motifs is 3. The number of hydrogen-bond acceptors (Lipinski definition) is 3. The average Bonchev–Trinajstić information content (AvgIpc) is 3.11. The minimum absolute atomic E-state index is 0.0213. The van der Waals surface area contributed by atoms with Gasteiger partial charge < -0.3 is 4.90 Å². The van der Waals surface area contributed by atoms with Crippen LogP contribution in [-0.4, -0.2) is 25.4 Å². The van der Waals surface area contributed by atoms with E-state index < -0.39 is 0 Å². The summed E-state index contributed by atoms with van der Waals surface area (Å²) in [5.74, 6) is 0.0213. The van der Waals surface area contributed by atoms with Crippen LogP contribution in [0.15, 0.2) is 28.7 Å². The van der Waals surface area contributed by atoms with Gasteiger partial charge in [-0.1, -0.05) is 22.0 Å². The number of halogens is 1. The summed E-state index contributed by atoms with van der Waals surface area (Å²) in [5, 5.41) is 4.69. The molecule has 122 valence electrons. The zero-order valence-electron chi connectivity index (χ0n) is 13.8. The van der Waals surface area contributed by atoms with Gasteiger partial charge in [-0.2, -0.15) is 5.10 Å². The number of rotatable bonds is 1. The SMILES string of the molecule is Cc1nc2c3c(nn2c(C)c1C)CN(C(=O)c1cccc(Br)c1)C3. The number of aromatic nitrogens is 3. The molecule has 0 aliphatic carbocycles. The summed E-state index contributed by atoms with van der Waals surface area (Å²) in [5.41, 5.74) is 6.84. The largest absolute Gasteiger partial charge is 0.328 e. The first kappa shape index (κ1) is 15.3. The number of carbonyl (C=O) groups is 1. The van der Waals surface area contributed by atoms with Crippen molar-refractivity contribution in [2.75, 3.05) is 0 Å². The lowest BCUT2D eigenvalue weighted by Gasteiger charge is -2.16. The summed E-state index contributed by atoms with van der Waals surface area (Å²) >= 11 is 3.42. The van der Waals surface area contributed by atoms with Crippen LogP contribution in [0.2, 0.25) is 0 Å². The highest BCUT2D eigenvalue weighted by atomic mass is 79.9. The van der Waals surface area contributed by atoms with Gasteiger partial charge in [0, 0.05) is 27.0 Å². The van der Waals surface area contributed by atoms with Gasteiger partial charge in [0.15, 0.2) is 5.65 Å². The van der Waals surface area contributed by atoms with Gasteiger partial charge in [-0.15, -0.1) is 0 Å². The fourth-order valence-corrected chi connectivity index (χ4v) is 3.56. The highest BCUT2D eigenvalue weighted by molar-refractivity contribution is 9.10. The van der Waals surface area contributed by atoms with E-state index in [0.717, 1.165) is 38.3 Å². The molecule has 0 atom stereocenters. The Labute approximate surface area is 148 Å². The van der Waals surface area contributed by atoms with Crippen LogP contribution in [-0.2, 0) is 13.1 Å². The van der Waals surface area contributed by atoms with Crippen molar-refractivity contribution in [2.45, 2.75) is 33.9 Å². The molecule has 0 N–H and O–H groups in total. The van der Waals surface area contributed by atoms with Crippen molar-refractivity contribution < 1.29 is 4.79 Å². The number of benzene rings is 1. The minimum atomic E-state index is 0.0213. The third-order valence-corrected chi connectivity index (χ3v) is 5.26. The second-order valence-electron chi connectivity index (χ2n) is 6.24. The van der Waals surface area contributed by atoms with E-state index in [1.54, 1.807) is 0 Å². The van der Waals surface area contributed by atoms with Gasteiger partial charge in [-0.25, -0.2) is 9.50 Å². The van der Waals surface area contributed by atoms with Gasteiger partial charge in [0.1, 0.15) is 0 Å². The van der Waals surface area contributed by atoms with Crippen molar-refractivity contribution in [3.63, 3.8) is 0 Å². The molecule has 0 unspecified atom stereocenters. The Bertz CT molecular complexity index is 992. The van der Waals surface area contributed by atoms with Crippen LogP contribution < -0.4 is 0 Å². The summed E-state index contributed by atoms with van der Waals surface area (Å²) in [4.78, 5) is 19.3. The van der Waals surface area contributed by atoms with Crippen LogP contribution in [0.5, 0.6) is 0 Å². The van der Waals surface area contributed by atoms with E-state index in [4.69, 9.17) is 4.98 Å². The van der Waals surface area contributed by atoms with Crippen LogP contribution in [0.4, 0.5) is 0 Å². The first-order valence-electron chi connectivity index (χ1n) is 7.85. The molecule has 0 radical (unpaired) electrons. The molecule has 5 nitrogen and oxygen atoms in total.